The van der Waals surface area contributed by atoms with Crippen LogP contribution >= 0.6 is 12.2 Å². The van der Waals surface area contributed by atoms with E-state index in [0.29, 0.717) is 24.3 Å². The predicted octanol–water partition coefficient (Wildman–Crippen LogP) is 1.76. The Morgan fingerprint density at radius 2 is 1.95 bits per heavy atom. The monoisotopic (exact) mass is 297 g/mol. The van der Waals surface area contributed by atoms with Crippen LogP contribution in [-0.2, 0) is 4.79 Å². The van der Waals surface area contributed by atoms with Gasteiger partial charge in [0.05, 0.1) is 12.2 Å². The van der Waals surface area contributed by atoms with E-state index >= 15 is 0 Å². The van der Waals surface area contributed by atoms with Gasteiger partial charge in [-0.15, -0.1) is 0 Å². The summed E-state index contributed by atoms with van der Waals surface area (Å²) in [6.07, 6.45) is 0. The van der Waals surface area contributed by atoms with E-state index in [2.05, 4.69) is 0 Å². The molecule has 0 spiro atoms. The number of carbonyl (C=O) groups excluding carboxylic acids is 1. The highest BCUT2D eigenvalue weighted by Crippen LogP contribution is 2.19. The van der Waals surface area contributed by atoms with Crippen LogP contribution in [0.1, 0.15) is 19.4 Å². The smallest absolute Gasteiger partial charge is 0.242 e. The van der Waals surface area contributed by atoms with E-state index in [4.69, 9.17) is 18.0 Å². The number of nitrogens with two attached hydrogens (primary N) is 1. The molecule has 0 bridgehead atoms. The first-order valence-electron chi connectivity index (χ1n) is 6.48. The molecule has 6 heteroatoms. The fraction of sp³-hybridized carbons (Fsp3) is 0.429. The minimum atomic E-state index is -0.440. The quantitative estimate of drug-likeness (QED) is 0.813. The average molecular weight is 297 g/mol. The molecule has 0 saturated heterocycles. The zero-order chi connectivity index (χ0) is 15.3. The van der Waals surface area contributed by atoms with E-state index in [1.54, 1.807) is 29.0 Å². The summed E-state index contributed by atoms with van der Waals surface area (Å²) >= 11 is 4.80. The van der Waals surface area contributed by atoms with Crippen molar-refractivity contribution < 1.29 is 9.18 Å². The van der Waals surface area contributed by atoms with E-state index in [1.807, 2.05) is 13.8 Å². The maximum absolute atomic E-state index is 14.0. The molecule has 0 radical (unpaired) electrons. The summed E-state index contributed by atoms with van der Waals surface area (Å²) in [5.74, 6) is -0.472. The minimum absolute atomic E-state index is 0.0321. The zero-order valence-corrected chi connectivity index (χ0v) is 12.8. The van der Waals surface area contributed by atoms with Gasteiger partial charge < -0.3 is 15.5 Å². The molecule has 0 aromatic heterocycles. The number of hydrogen-bond donors (Lipinski definition) is 1. The third kappa shape index (κ3) is 3.90. The fourth-order valence-electron chi connectivity index (χ4n) is 1.93. The largest absolute Gasteiger partial charge is 0.389 e. The van der Waals surface area contributed by atoms with Crippen molar-refractivity contribution in [1.82, 2.24) is 4.90 Å². The Labute approximate surface area is 124 Å². The molecule has 0 aliphatic heterocycles. The number of anilines is 1. The number of nitrogens with zero attached hydrogens (tertiary/aromatic N) is 2. The summed E-state index contributed by atoms with van der Waals surface area (Å²) in [6.45, 7) is 5.25. The molecule has 0 atom stereocenters. The van der Waals surface area contributed by atoms with Crippen molar-refractivity contribution in [2.75, 3.05) is 31.6 Å². The summed E-state index contributed by atoms with van der Waals surface area (Å²) < 4.78 is 14.0. The molecule has 1 rings (SSSR count). The number of hydrogen-bond acceptors (Lipinski definition) is 3. The van der Waals surface area contributed by atoms with Crippen molar-refractivity contribution in [3.63, 3.8) is 0 Å². The summed E-state index contributed by atoms with van der Waals surface area (Å²) in [5, 5.41) is 0. The number of halogens is 1. The lowest BCUT2D eigenvalue weighted by molar-refractivity contribution is -0.129. The Hall–Kier alpha value is -1.69. The Bertz CT molecular complexity index is 503. The molecule has 0 heterocycles. The maximum atomic E-state index is 14.0. The Morgan fingerprint density at radius 1 is 1.35 bits per heavy atom. The number of likely N-dealkylation sites (N-methyl/N-ethyl adjacent to an activating group) is 2. The molecule has 2 N–H and O–H groups in total. The van der Waals surface area contributed by atoms with Gasteiger partial charge in [-0.3, -0.25) is 4.79 Å². The first-order valence-corrected chi connectivity index (χ1v) is 6.89. The third-order valence-electron chi connectivity index (χ3n) is 3.13. The Morgan fingerprint density at radius 3 is 2.40 bits per heavy atom. The number of amides is 1. The zero-order valence-electron chi connectivity index (χ0n) is 12.0. The van der Waals surface area contributed by atoms with E-state index in [0.717, 1.165) is 0 Å². The number of rotatable bonds is 6. The number of thiocarbonyl (C=S) groups is 1. The van der Waals surface area contributed by atoms with Crippen LogP contribution in [-0.4, -0.2) is 42.5 Å². The van der Waals surface area contributed by atoms with Crippen molar-refractivity contribution in [2.24, 2.45) is 5.73 Å². The second-order valence-corrected chi connectivity index (χ2v) is 4.89. The molecular formula is C14H20FN3OS. The molecule has 0 aliphatic carbocycles. The van der Waals surface area contributed by atoms with Gasteiger partial charge in [0.25, 0.3) is 0 Å². The van der Waals surface area contributed by atoms with Gasteiger partial charge >= 0.3 is 0 Å². The molecule has 0 aliphatic rings. The normalized spacial score (nSPS) is 10.2. The van der Waals surface area contributed by atoms with Crippen LogP contribution in [0.3, 0.4) is 0 Å². The second kappa shape index (κ2) is 7.19. The molecule has 20 heavy (non-hydrogen) atoms. The Kier molecular flexibility index (Phi) is 5.88. The highest BCUT2D eigenvalue weighted by atomic mass is 32.1. The van der Waals surface area contributed by atoms with Crippen LogP contribution in [0, 0.1) is 5.82 Å². The minimum Gasteiger partial charge on any atom is -0.389 e. The lowest BCUT2D eigenvalue weighted by atomic mass is 10.2. The van der Waals surface area contributed by atoms with Crippen LogP contribution in [0.4, 0.5) is 10.1 Å². The van der Waals surface area contributed by atoms with Gasteiger partial charge in [-0.05, 0) is 32.0 Å². The fourth-order valence-corrected chi connectivity index (χ4v) is 2.06. The van der Waals surface area contributed by atoms with Gasteiger partial charge in [0.2, 0.25) is 5.91 Å². The molecule has 1 aromatic carbocycles. The molecule has 0 saturated carbocycles. The molecule has 110 valence electrons. The van der Waals surface area contributed by atoms with Crippen molar-refractivity contribution in [3.8, 4) is 0 Å². The van der Waals surface area contributed by atoms with E-state index in [1.165, 1.54) is 6.07 Å². The van der Waals surface area contributed by atoms with Crippen LogP contribution < -0.4 is 10.6 Å². The van der Waals surface area contributed by atoms with Gasteiger partial charge in [0, 0.05) is 25.7 Å². The van der Waals surface area contributed by atoms with Crippen LogP contribution in [0.25, 0.3) is 0 Å². The Balaban J connectivity index is 2.85. The van der Waals surface area contributed by atoms with Gasteiger partial charge in [-0.1, -0.05) is 12.2 Å². The van der Waals surface area contributed by atoms with E-state index in [-0.39, 0.29) is 17.4 Å². The molecule has 0 fully saturated rings. The molecule has 4 nitrogen and oxygen atoms in total. The highest BCUT2D eigenvalue weighted by molar-refractivity contribution is 7.80. The molecule has 0 unspecified atom stereocenters. The predicted molar refractivity (Wildman–Crippen MR) is 83.5 cm³/mol. The first-order chi connectivity index (χ1) is 9.40. The van der Waals surface area contributed by atoms with Gasteiger partial charge in [0.1, 0.15) is 10.8 Å². The van der Waals surface area contributed by atoms with Crippen LogP contribution in [0.2, 0.25) is 0 Å². The van der Waals surface area contributed by atoms with Crippen molar-refractivity contribution in [2.45, 2.75) is 13.8 Å². The number of carbonyl (C=O) groups is 1. The highest BCUT2D eigenvalue weighted by Gasteiger charge is 2.15. The van der Waals surface area contributed by atoms with Crippen LogP contribution in [0.15, 0.2) is 18.2 Å². The summed E-state index contributed by atoms with van der Waals surface area (Å²) in [4.78, 5) is 15.4. The third-order valence-corrected chi connectivity index (χ3v) is 3.37. The van der Waals surface area contributed by atoms with Gasteiger partial charge in [0.15, 0.2) is 0 Å². The molecule has 1 aromatic rings. The molecule has 1 amide bonds. The second-order valence-electron chi connectivity index (χ2n) is 4.45. The van der Waals surface area contributed by atoms with Gasteiger partial charge in [-0.2, -0.15) is 0 Å². The summed E-state index contributed by atoms with van der Waals surface area (Å²) in [6, 6.07) is 4.52. The van der Waals surface area contributed by atoms with Crippen molar-refractivity contribution in [3.05, 3.63) is 29.6 Å². The van der Waals surface area contributed by atoms with Crippen molar-refractivity contribution in [1.29, 1.82) is 0 Å². The maximum Gasteiger partial charge on any atom is 0.242 e. The molecular weight excluding hydrogens is 277 g/mol. The summed E-state index contributed by atoms with van der Waals surface area (Å²) in [7, 11) is 1.68. The summed E-state index contributed by atoms with van der Waals surface area (Å²) in [5.41, 5.74) is 6.28. The SMILES string of the molecule is CCN(CC)C(=O)CN(C)c1ccc(C(N)=S)cc1F. The lowest BCUT2D eigenvalue weighted by Crippen LogP contribution is -2.39. The first kappa shape index (κ1) is 16.4. The standard InChI is InChI=1S/C14H20FN3OS/c1-4-18(5-2)13(19)9-17(3)12-7-6-10(14(16)20)8-11(12)15/h6-8H,4-5,9H2,1-3H3,(H2,16,20). The van der Waals surface area contributed by atoms with E-state index in [9.17, 15) is 9.18 Å². The van der Waals surface area contributed by atoms with Crippen LogP contribution in [0.5, 0.6) is 0 Å². The lowest BCUT2D eigenvalue weighted by Gasteiger charge is -2.24. The van der Waals surface area contributed by atoms with Gasteiger partial charge in [-0.25, -0.2) is 4.39 Å². The van der Waals surface area contributed by atoms with E-state index < -0.39 is 5.82 Å². The number of benzene rings is 1. The topological polar surface area (TPSA) is 49.6 Å². The van der Waals surface area contributed by atoms with Crippen molar-refractivity contribution >= 4 is 28.8 Å². The average Bonchev–Trinajstić information content (AvgIpc) is 2.39.